The molecule has 3 nitrogen and oxygen atoms in total. The van der Waals surface area contributed by atoms with Crippen molar-refractivity contribution in [3.8, 4) is 33.4 Å². The van der Waals surface area contributed by atoms with Gasteiger partial charge in [-0.15, -0.1) is 0 Å². The van der Waals surface area contributed by atoms with Crippen LogP contribution < -0.4 is 0 Å². The Labute approximate surface area is 298 Å². The van der Waals surface area contributed by atoms with Crippen molar-refractivity contribution in [2.24, 2.45) is 9.98 Å². The Morgan fingerprint density at radius 1 is 0.510 bits per heavy atom. The largest absolute Gasteiger partial charge is 0.280 e. The van der Waals surface area contributed by atoms with E-state index in [-0.39, 0.29) is 0 Å². The molecule has 8 rings (SSSR count). The highest BCUT2D eigenvalue weighted by Gasteiger charge is 2.10. The Morgan fingerprint density at radius 2 is 1.06 bits per heavy atom. The summed E-state index contributed by atoms with van der Waals surface area (Å²) in [5.74, 6) is 0. The first kappa shape index (κ1) is 31.6. The standard InChI is InChI=1S/C48H35N3/c1-49-47(40-28-24-39(25-29-40)46-17-7-12-37-10-3-5-15-44(37)46)31-48(41-26-22-35(23-27-41)42-13-8-30-50-33-42)51-32-34-18-20-38(21-19-34)45-16-6-11-36-9-2-4-14-43(36)45/h2-31,33H,1,32H2/b47-31-,51-48?. The monoisotopic (exact) mass is 653 g/mol. The van der Waals surface area contributed by atoms with Gasteiger partial charge in [0.2, 0.25) is 0 Å². The second-order valence-corrected chi connectivity index (χ2v) is 12.5. The Hall–Kier alpha value is -6.71. The summed E-state index contributed by atoms with van der Waals surface area (Å²) in [4.78, 5) is 14.0. The number of rotatable bonds is 9. The van der Waals surface area contributed by atoms with E-state index in [1.165, 1.54) is 38.2 Å². The normalized spacial score (nSPS) is 11.9. The SMILES string of the molecule is C=N/C(=C\C(=NCc1ccc(-c2cccc3ccccc23)cc1)c1ccc(-c2cccnc2)cc1)c1ccc(-c2cccc3ccccc23)cc1. The predicted molar refractivity (Wildman–Crippen MR) is 216 cm³/mol. The van der Waals surface area contributed by atoms with Gasteiger partial charge in [0.25, 0.3) is 0 Å². The first-order valence-electron chi connectivity index (χ1n) is 17.1. The van der Waals surface area contributed by atoms with E-state index in [1.807, 2.05) is 18.3 Å². The molecule has 51 heavy (non-hydrogen) atoms. The van der Waals surface area contributed by atoms with Crippen LogP contribution in [0.25, 0.3) is 60.6 Å². The average Bonchev–Trinajstić information content (AvgIpc) is 3.21. The molecule has 0 atom stereocenters. The molecule has 0 spiro atoms. The average molecular weight is 654 g/mol. The lowest BCUT2D eigenvalue weighted by Gasteiger charge is -2.10. The summed E-state index contributed by atoms with van der Waals surface area (Å²) in [6.07, 6.45) is 5.72. The number of aliphatic imine (C=N–C) groups is 2. The molecular formula is C48H35N3. The quantitative estimate of drug-likeness (QED) is 0.143. The van der Waals surface area contributed by atoms with Crippen LogP contribution in [0.3, 0.4) is 0 Å². The van der Waals surface area contributed by atoms with Crippen molar-refractivity contribution < 1.29 is 0 Å². The van der Waals surface area contributed by atoms with Gasteiger partial charge in [-0.25, -0.2) is 0 Å². The highest BCUT2D eigenvalue weighted by Crippen LogP contribution is 2.31. The molecule has 0 saturated carbocycles. The topological polar surface area (TPSA) is 37.6 Å². The van der Waals surface area contributed by atoms with Gasteiger partial charge in [-0.05, 0) is 84.9 Å². The van der Waals surface area contributed by atoms with Crippen LogP contribution in [0.15, 0.2) is 198 Å². The van der Waals surface area contributed by atoms with E-state index in [0.29, 0.717) is 6.54 Å². The van der Waals surface area contributed by atoms with Gasteiger partial charge in [0.1, 0.15) is 0 Å². The third-order valence-electron chi connectivity index (χ3n) is 9.39. The summed E-state index contributed by atoms with van der Waals surface area (Å²) >= 11 is 0. The van der Waals surface area contributed by atoms with E-state index in [1.54, 1.807) is 6.20 Å². The smallest absolute Gasteiger partial charge is 0.0716 e. The van der Waals surface area contributed by atoms with Crippen molar-refractivity contribution in [3.05, 3.63) is 205 Å². The second kappa shape index (κ2) is 14.4. The van der Waals surface area contributed by atoms with E-state index in [0.717, 1.165) is 44.8 Å². The molecule has 1 aromatic heterocycles. The minimum atomic E-state index is 0.524. The van der Waals surface area contributed by atoms with Crippen molar-refractivity contribution in [1.82, 2.24) is 4.98 Å². The van der Waals surface area contributed by atoms with Gasteiger partial charge in [-0.3, -0.25) is 15.0 Å². The van der Waals surface area contributed by atoms with Crippen LogP contribution in [0.1, 0.15) is 16.7 Å². The van der Waals surface area contributed by atoms with Crippen molar-refractivity contribution in [1.29, 1.82) is 0 Å². The Bertz CT molecular complexity index is 2520. The van der Waals surface area contributed by atoms with Gasteiger partial charge in [-0.1, -0.05) is 164 Å². The fourth-order valence-corrected chi connectivity index (χ4v) is 6.68. The predicted octanol–water partition coefficient (Wildman–Crippen LogP) is 12.1. The van der Waals surface area contributed by atoms with Gasteiger partial charge >= 0.3 is 0 Å². The maximum Gasteiger partial charge on any atom is 0.0716 e. The zero-order valence-electron chi connectivity index (χ0n) is 28.2. The number of nitrogens with zero attached hydrogens (tertiary/aromatic N) is 3. The molecule has 0 bridgehead atoms. The van der Waals surface area contributed by atoms with E-state index >= 15 is 0 Å². The molecule has 0 amide bonds. The summed E-state index contributed by atoms with van der Waals surface area (Å²) in [5, 5.41) is 4.96. The maximum atomic E-state index is 5.17. The maximum absolute atomic E-state index is 5.17. The number of hydrogen-bond acceptors (Lipinski definition) is 3. The lowest BCUT2D eigenvalue weighted by molar-refractivity contribution is 1.07. The second-order valence-electron chi connectivity index (χ2n) is 12.5. The van der Waals surface area contributed by atoms with Gasteiger partial charge in [0, 0.05) is 18.0 Å². The number of benzene rings is 7. The first-order chi connectivity index (χ1) is 25.2. The van der Waals surface area contributed by atoms with Crippen molar-refractivity contribution >= 4 is 39.7 Å². The number of hydrogen-bond donors (Lipinski definition) is 0. The lowest BCUT2D eigenvalue weighted by atomic mass is 9.96. The van der Waals surface area contributed by atoms with Crippen LogP contribution in [0, 0.1) is 0 Å². The molecule has 0 aliphatic rings. The van der Waals surface area contributed by atoms with Crippen LogP contribution in [0.5, 0.6) is 0 Å². The summed E-state index contributed by atoms with van der Waals surface area (Å²) in [6.45, 7) is 4.48. The molecule has 7 aromatic carbocycles. The zero-order valence-corrected chi connectivity index (χ0v) is 28.2. The summed E-state index contributed by atoms with van der Waals surface area (Å²) in [7, 11) is 0. The fraction of sp³-hybridized carbons (Fsp3) is 0.0208. The van der Waals surface area contributed by atoms with Crippen LogP contribution in [0.2, 0.25) is 0 Å². The summed E-state index contributed by atoms with van der Waals surface area (Å²) < 4.78 is 0. The molecule has 8 aromatic rings. The fourth-order valence-electron chi connectivity index (χ4n) is 6.68. The highest BCUT2D eigenvalue weighted by atomic mass is 14.8. The van der Waals surface area contributed by atoms with E-state index in [2.05, 4.69) is 180 Å². The zero-order chi connectivity index (χ0) is 34.4. The van der Waals surface area contributed by atoms with E-state index in [9.17, 15) is 0 Å². The minimum absolute atomic E-state index is 0.524. The van der Waals surface area contributed by atoms with Crippen LogP contribution >= 0.6 is 0 Å². The number of allylic oxidation sites excluding steroid dienone is 1. The number of pyridine rings is 1. The summed E-state index contributed by atoms with van der Waals surface area (Å²) in [6, 6.07) is 59.7. The van der Waals surface area contributed by atoms with E-state index in [4.69, 9.17) is 4.99 Å². The molecule has 0 aliphatic carbocycles. The molecule has 0 saturated heterocycles. The summed E-state index contributed by atoms with van der Waals surface area (Å²) in [5.41, 5.74) is 11.7. The highest BCUT2D eigenvalue weighted by molar-refractivity contribution is 6.12. The van der Waals surface area contributed by atoms with Crippen molar-refractivity contribution in [2.45, 2.75) is 6.54 Å². The van der Waals surface area contributed by atoms with Crippen molar-refractivity contribution in [2.75, 3.05) is 0 Å². The number of aromatic nitrogens is 1. The van der Waals surface area contributed by atoms with E-state index < -0.39 is 0 Å². The van der Waals surface area contributed by atoms with Crippen molar-refractivity contribution in [3.63, 3.8) is 0 Å². The van der Waals surface area contributed by atoms with Crippen LogP contribution in [-0.2, 0) is 6.54 Å². The third-order valence-corrected chi connectivity index (χ3v) is 9.39. The molecule has 0 N–H and O–H groups in total. The molecule has 0 unspecified atom stereocenters. The molecule has 3 heteroatoms. The third kappa shape index (κ3) is 6.79. The minimum Gasteiger partial charge on any atom is -0.280 e. The molecule has 1 heterocycles. The van der Waals surface area contributed by atoms with Gasteiger partial charge in [-0.2, -0.15) is 0 Å². The van der Waals surface area contributed by atoms with Gasteiger partial charge < -0.3 is 0 Å². The lowest BCUT2D eigenvalue weighted by Crippen LogP contribution is -2.00. The molecule has 0 aliphatic heterocycles. The number of fused-ring (bicyclic) bond motifs is 2. The van der Waals surface area contributed by atoms with Crippen LogP contribution in [0.4, 0.5) is 0 Å². The van der Waals surface area contributed by atoms with Gasteiger partial charge in [0.05, 0.1) is 18.0 Å². The Kier molecular flexibility index (Phi) is 8.92. The molecular weight excluding hydrogens is 619 g/mol. The van der Waals surface area contributed by atoms with Crippen LogP contribution in [-0.4, -0.2) is 17.4 Å². The Morgan fingerprint density at radius 3 is 1.65 bits per heavy atom. The van der Waals surface area contributed by atoms with Gasteiger partial charge in [0.15, 0.2) is 0 Å². The first-order valence-corrected chi connectivity index (χ1v) is 17.1. The Balaban J connectivity index is 1.12. The molecule has 0 fully saturated rings. The molecule has 242 valence electrons. The molecule has 0 radical (unpaired) electrons.